The highest BCUT2D eigenvalue weighted by Gasteiger charge is 2.22. The van der Waals surface area contributed by atoms with Crippen molar-refractivity contribution in [3.05, 3.63) is 16.7 Å². The van der Waals surface area contributed by atoms with E-state index in [1.807, 2.05) is 11.6 Å². The Bertz CT molecular complexity index is 477. The normalized spacial score (nSPS) is 16.5. The lowest BCUT2D eigenvalue weighted by molar-refractivity contribution is 0.648. The Hall–Kier alpha value is -0.920. The molecule has 5 nitrogen and oxygen atoms in total. The minimum atomic E-state index is 0.512. The molecule has 1 saturated heterocycles. The van der Waals surface area contributed by atoms with Gasteiger partial charge in [0.1, 0.15) is 0 Å². The third-order valence-electron chi connectivity index (χ3n) is 2.70. The van der Waals surface area contributed by atoms with Gasteiger partial charge in [0, 0.05) is 37.8 Å². The molecule has 0 aliphatic carbocycles. The Balaban J connectivity index is 1.67. The molecule has 1 aliphatic heterocycles. The highest BCUT2D eigenvalue weighted by molar-refractivity contribution is 7.13. The van der Waals surface area contributed by atoms with Crippen LogP contribution in [0.15, 0.2) is 11.6 Å². The van der Waals surface area contributed by atoms with E-state index in [1.54, 1.807) is 11.3 Å². The molecule has 2 aromatic heterocycles. The van der Waals surface area contributed by atoms with Gasteiger partial charge in [-0.1, -0.05) is 11.6 Å². The Labute approximate surface area is 112 Å². The molecule has 90 valence electrons. The van der Waals surface area contributed by atoms with Crippen molar-refractivity contribution < 1.29 is 0 Å². The van der Waals surface area contributed by atoms with Gasteiger partial charge in [0.25, 0.3) is 0 Å². The summed E-state index contributed by atoms with van der Waals surface area (Å²) in [4.78, 5) is 8.78. The first-order chi connectivity index (χ1) is 8.34. The maximum Gasteiger partial charge on any atom is 0.187 e. The zero-order valence-corrected chi connectivity index (χ0v) is 11.3. The number of nitrogens with zero attached hydrogens (tertiary/aromatic N) is 5. The summed E-state index contributed by atoms with van der Waals surface area (Å²) in [5.41, 5.74) is 0. The van der Waals surface area contributed by atoms with Crippen molar-refractivity contribution in [1.29, 1.82) is 0 Å². The number of hydrogen-bond acceptors (Lipinski definition) is 7. The van der Waals surface area contributed by atoms with Crippen molar-refractivity contribution in [3.63, 3.8) is 0 Å². The van der Waals surface area contributed by atoms with Crippen LogP contribution in [0.3, 0.4) is 0 Å². The molecule has 3 rings (SSSR count). The summed E-state index contributed by atoms with van der Waals surface area (Å²) in [6.07, 6.45) is 1.84. The van der Waals surface area contributed by atoms with Gasteiger partial charge in [0.15, 0.2) is 16.1 Å². The van der Waals surface area contributed by atoms with E-state index >= 15 is 0 Å². The summed E-state index contributed by atoms with van der Waals surface area (Å²) in [6.45, 7) is 3.71. The maximum absolute atomic E-state index is 5.98. The summed E-state index contributed by atoms with van der Waals surface area (Å²) in [7, 11) is 0. The molecule has 0 radical (unpaired) electrons. The minimum absolute atomic E-state index is 0.512. The van der Waals surface area contributed by atoms with Gasteiger partial charge in [-0.3, -0.25) is 0 Å². The quantitative estimate of drug-likeness (QED) is 0.845. The molecule has 1 fully saturated rings. The zero-order valence-electron chi connectivity index (χ0n) is 8.91. The van der Waals surface area contributed by atoms with E-state index in [9.17, 15) is 0 Å². The first-order valence-corrected chi connectivity index (χ1v) is 7.21. The monoisotopic (exact) mass is 287 g/mol. The average molecular weight is 288 g/mol. The summed E-state index contributed by atoms with van der Waals surface area (Å²) < 4.78 is 8.21. The minimum Gasteiger partial charge on any atom is -0.350 e. The predicted molar refractivity (Wildman–Crippen MR) is 71.5 cm³/mol. The molecular formula is C9H10ClN5S2. The van der Waals surface area contributed by atoms with E-state index in [-0.39, 0.29) is 0 Å². The molecule has 0 atom stereocenters. The number of aromatic nitrogens is 3. The van der Waals surface area contributed by atoms with Gasteiger partial charge in [-0.15, -0.1) is 11.3 Å². The van der Waals surface area contributed by atoms with Crippen LogP contribution >= 0.6 is 34.7 Å². The predicted octanol–water partition coefficient (Wildman–Crippen LogP) is 1.97. The third kappa shape index (κ3) is 2.22. The van der Waals surface area contributed by atoms with Crippen LogP contribution in [-0.2, 0) is 0 Å². The van der Waals surface area contributed by atoms with Gasteiger partial charge in [0.2, 0.25) is 0 Å². The van der Waals surface area contributed by atoms with Crippen molar-refractivity contribution in [1.82, 2.24) is 13.7 Å². The Morgan fingerprint density at radius 1 is 1.12 bits per heavy atom. The summed E-state index contributed by atoms with van der Waals surface area (Å²) in [5, 5.41) is 3.60. The van der Waals surface area contributed by atoms with Gasteiger partial charge in [-0.05, 0) is 0 Å². The molecule has 0 bridgehead atoms. The van der Waals surface area contributed by atoms with Gasteiger partial charge in [0.05, 0.1) is 11.7 Å². The third-order valence-corrected chi connectivity index (χ3v) is 4.41. The Kier molecular flexibility index (Phi) is 3.13. The molecule has 8 heteroatoms. The van der Waals surface area contributed by atoms with E-state index < -0.39 is 0 Å². The Morgan fingerprint density at radius 2 is 1.88 bits per heavy atom. The standard InChI is InChI=1S/C9H10ClN5S2/c10-7-8(13-17-12-7)14-2-4-15(5-3-14)9-11-1-6-16-9/h1,6H,2-5H2. The smallest absolute Gasteiger partial charge is 0.187 e. The lowest BCUT2D eigenvalue weighted by Crippen LogP contribution is -2.46. The van der Waals surface area contributed by atoms with Crippen LogP contribution in [0.25, 0.3) is 0 Å². The fraction of sp³-hybridized carbons (Fsp3) is 0.444. The highest BCUT2D eigenvalue weighted by atomic mass is 35.5. The highest BCUT2D eigenvalue weighted by Crippen LogP contribution is 2.25. The second-order valence-electron chi connectivity index (χ2n) is 3.67. The molecule has 1 aliphatic rings. The molecule has 0 unspecified atom stereocenters. The van der Waals surface area contributed by atoms with Crippen LogP contribution in [0.1, 0.15) is 0 Å². The largest absolute Gasteiger partial charge is 0.350 e. The topological polar surface area (TPSA) is 45.2 Å². The maximum atomic E-state index is 5.98. The van der Waals surface area contributed by atoms with Crippen molar-refractivity contribution in [3.8, 4) is 0 Å². The van der Waals surface area contributed by atoms with Crippen molar-refractivity contribution in [2.24, 2.45) is 0 Å². The van der Waals surface area contributed by atoms with Crippen LogP contribution < -0.4 is 9.80 Å². The molecular weight excluding hydrogens is 278 g/mol. The van der Waals surface area contributed by atoms with Gasteiger partial charge < -0.3 is 9.80 Å². The van der Waals surface area contributed by atoms with Gasteiger partial charge in [-0.25, -0.2) is 4.98 Å². The van der Waals surface area contributed by atoms with Crippen LogP contribution in [-0.4, -0.2) is 39.9 Å². The second kappa shape index (κ2) is 4.75. The first kappa shape index (κ1) is 11.2. The van der Waals surface area contributed by atoms with Crippen molar-refractivity contribution in [2.45, 2.75) is 0 Å². The van der Waals surface area contributed by atoms with Crippen molar-refractivity contribution >= 4 is 45.6 Å². The average Bonchev–Trinajstić information content (AvgIpc) is 3.00. The fourth-order valence-corrected chi connectivity index (χ4v) is 3.32. The number of rotatable bonds is 2. The van der Waals surface area contributed by atoms with Crippen molar-refractivity contribution in [2.75, 3.05) is 36.0 Å². The fourth-order valence-electron chi connectivity index (χ4n) is 1.84. The van der Waals surface area contributed by atoms with E-state index in [2.05, 4.69) is 23.5 Å². The number of thiazole rings is 1. The zero-order chi connectivity index (χ0) is 11.7. The van der Waals surface area contributed by atoms with Crippen LogP contribution in [0.4, 0.5) is 10.9 Å². The second-order valence-corrected chi connectivity index (χ2v) is 5.43. The molecule has 2 aromatic rings. The first-order valence-electron chi connectivity index (χ1n) is 5.22. The molecule has 0 aromatic carbocycles. The van der Waals surface area contributed by atoms with E-state index in [4.69, 9.17) is 11.6 Å². The van der Waals surface area contributed by atoms with E-state index in [0.717, 1.165) is 48.9 Å². The van der Waals surface area contributed by atoms with Gasteiger partial charge >= 0.3 is 0 Å². The number of hydrogen-bond donors (Lipinski definition) is 0. The summed E-state index contributed by atoms with van der Waals surface area (Å²) in [6, 6.07) is 0. The molecule has 17 heavy (non-hydrogen) atoms. The van der Waals surface area contributed by atoms with Crippen LogP contribution in [0.2, 0.25) is 5.15 Å². The number of piperazine rings is 1. The molecule has 0 saturated carbocycles. The van der Waals surface area contributed by atoms with E-state index in [1.165, 1.54) is 0 Å². The lowest BCUT2D eigenvalue weighted by Gasteiger charge is -2.34. The molecule has 0 spiro atoms. The van der Waals surface area contributed by atoms with Crippen LogP contribution in [0.5, 0.6) is 0 Å². The van der Waals surface area contributed by atoms with Crippen LogP contribution in [0, 0.1) is 0 Å². The summed E-state index contributed by atoms with van der Waals surface area (Å²) >= 11 is 8.82. The number of anilines is 2. The molecule has 0 N–H and O–H groups in total. The SMILES string of the molecule is Clc1nsnc1N1CCN(c2nccs2)CC1. The van der Waals surface area contributed by atoms with Gasteiger partial charge in [-0.2, -0.15) is 8.75 Å². The molecule has 3 heterocycles. The Morgan fingerprint density at radius 3 is 2.47 bits per heavy atom. The van der Waals surface area contributed by atoms with E-state index in [0.29, 0.717) is 5.15 Å². The molecule has 0 amide bonds. The number of halogens is 1. The summed E-state index contributed by atoms with van der Waals surface area (Å²) in [5.74, 6) is 0.815. The lowest BCUT2D eigenvalue weighted by atomic mass is 10.3.